The van der Waals surface area contributed by atoms with E-state index in [4.69, 9.17) is 4.74 Å². The maximum atomic E-state index is 12.5. The number of halogens is 1. The molecule has 0 aromatic heterocycles. The molecule has 0 aromatic carbocycles. The molecule has 1 saturated heterocycles. The van der Waals surface area contributed by atoms with Crippen molar-refractivity contribution in [2.45, 2.75) is 33.8 Å². The minimum Gasteiger partial charge on any atom is -0.378 e. The number of rotatable bonds is 9. The number of piperazine rings is 1. The van der Waals surface area contributed by atoms with Gasteiger partial charge >= 0.3 is 0 Å². The lowest BCUT2D eigenvalue weighted by molar-refractivity contribution is -0.127. The maximum Gasteiger partial charge on any atom is 0.243 e. The van der Waals surface area contributed by atoms with Crippen LogP contribution in [0.2, 0.25) is 0 Å². The van der Waals surface area contributed by atoms with Crippen LogP contribution >= 0.6 is 24.0 Å². The van der Waals surface area contributed by atoms with Crippen molar-refractivity contribution in [3.05, 3.63) is 0 Å². The summed E-state index contributed by atoms with van der Waals surface area (Å²) in [6.45, 7) is 10.8. The molecule has 1 heterocycles. The van der Waals surface area contributed by atoms with Gasteiger partial charge in [0.25, 0.3) is 0 Å². The quantitative estimate of drug-likeness (QED) is 0.259. The smallest absolute Gasteiger partial charge is 0.243 e. The van der Waals surface area contributed by atoms with Crippen molar-refractivity contribution >= 4 is 45.9 Å². The molecule has 0 saturated carbocycles. The van der Waals surface area contributed by atoms with Crippen LogP contribution in [0.25, 0.3) is 0 Å². The van der Waals surface area contributed by atoms with Gasteiger partial charge in [-0.25, -0.2) is 13.4 Å². The van der Waals surface area contributed by atoms with E-state index >= 15 is 0 Å². The summed E-state index contributed by atoms with van der Waals surface area (Å²) in [6.07, 6.45) is 0.0164. The van der Waals surface area contributed by atoms with Gasteiger partial charge in [-0.1, -0.05) is 13.8 Å². The summed E-state index contributed by atoms with van der Waals surface area (Å²) in [5.74, 6) is 1.01. The van der Waals surface area contributed by atoms with Gasteiger partial charge in [-0.3, -0.25) is 4.79 Å². The van der Waals surface area contributed by atoms with E-state index in [9.17, 15) is 13.2 Å². The highest BCUT2D eigenvalue weighted by atomic mass is 127. The summed E-state index contributed by atoms with van der Waals surface area (Å²) in [7, 11) is 0.0700. The first-order valence-electron chi connectivity index (χ1n) is 9.85. The van der Waals surface area contributed by atoms with Gasteiger partial charge in [0.05, 0.1) is 18.5 Å². The van der Waals surface area contributed by atoms with Crippen molar-refractivity contribution in [1.29, 1.82) is 0 Å². The highest BCUT2D eigenvalue weighted by Gasteiger charge is 2.28. The number of aliphatic imine (C=N–C) groups is 1. The first-order chi connectivity index (χ1) is 13.0. The van der Waals surface area contributed by atoms with E-state index in [0.29, 0.717) is 38.1 Å². The number of sulfonamides is 1. The molecule has 0 atom stereocenters. The minimum absolute atomic E-state index is 0. The third-order valence-electron chi connectivity index (χ3n) is 4.26. The van der Waals surface area contributed by atoms with Crippen LogP contribution in [-0.2, 0) is 19.6 Å². The first kappa shape index (κ1) is 28.3. The van der Waals surface area contributed by atoms with E-state index in [1.165, 1.54) is 9.21 Å². The second kappa shape index (κ2) is 13.6. The Bertz CT molecular complexity index is 618. The second-order valence-electron chi connectivity index (χ2n) is 7.82. The van der Waals surface area contributed by atoms with Gasteiger partial charge < -0.3 is 19.9 Å². The Morgan fingerprint density at radius 1 is 1.14 bits per heavy atom. The molecule has 1 amide bonds. The van der Waals surface area contributed by atoms with Crippen molar-refractivity contribution in [2.75, 3.05) is 65.7 Å². The van der Waals surface area contributed by atoms with Crippen LogP contribution < -0.4 is 5.32 Å². The molecule has 11 heteroatoms. The molecule has 1 rings (SSSR count). The summed E-state index contributed by atoms with van der Waals surface area (Å²) in [5, 5.41) is 3.30. The van der Waals surface area contributed by atoms with Gasteiger partial charge in [0, 0.05) is 46.8 Å². The number of nitrogens with one attached hydrogen (secondary N) is 1. The molecular formula is C18H38IN5O4S. The minimum atomic E-state index is -3.33. The van der Waals surface area contributed by atoms with E-state index < -0.39 is 10.0 Å². The normalized spacial score (nSPS) is 16.1. The topological polar surface area (TPSA) is 94.5 Å². The largest absolute Gasteiger partial charge is 0.378 e. The lowest BCUT2D eigenvalue weighted by atomic mass is 10.2. The Hall–Kier alpha value is -0.660. The standard InChI is InChI=1S/C18H37N5O4S.HI/c1-15(2)13-19-18(20-14-17(24)21(5)6)22-7-9-23(10-8-22)28(25,26)12-11-27-16(3)4;/h15-16H,7-14H2,1-6H3,(H,19,20);1H. The van der Waals surface area contributed by atoms with E-state index in [2.05, 4.69) is 24.2 Å². The molecule has 1 aliphatic heterocycles. The van der Waals surface area contributed by atoms with Gasteiger partial charge in [0.15, 0.2) is 5.96 Å². The summed E-state index contributed by atoms with van der Waals surface area (Å²) < 4.78 is 31.8. The number of carbonyl (C=O) groups excluding carboxylic acids is 1. The Balaban J connectivity index is 0.00000784. The molecule has 1 aliphatic rings. The fourth-order valence-electron chi connectivity index (χ4n) is 2.54. The number of amides is 1. The number of likely N-dealkylation sites (N-methyl/N-ethyl adjacent to an activating group) is 1. The number of hydrogen-bond donors (Lipinski definition) is 1. The third kappa shape index (κ3) is 10.8. The van der Waals surface area contributed by atoms with Crippen molar-refractivity contribution in [3.63, 3.8) is 0 Å². The molecule has 1 fully saturated rings. The van der Waals surface area contributed by atoms with Crippen molar-refractivity contribution in [1.82, 2.24) is 19.4 Å². The molecule has 172 valence electrons. The molecule has 0 unspecified atom stereocenters. The van der Waals surface area contributed by atoms with Crippen LogP contribution in [0, 0.1) is 5.92 Å². The van der Waals surface area contributed by atoms with Gasteiger partial charge in [0.1, 0.15) is 6.54 Å². The fourth-order valence-corrected chi connectivity index (χ4v) is 3.83. The van der Waals surface area contributed by atoms with Crippen LogP contribution in [0.4, 0.5) is 0 Å². The molecular weight excluding hydrogens is 509 g/mol. The van der Waals surface area contributed by atoms with Crippen LogP contribution in [0.3, 0.4) is 0 Å². The number of guanidine groups is 1. The molecule has 0 bridgehead atoms. The number of ether oxygens (including phenoxy) is 1. The molecule has 9 nitrogen and oxygen atoms in total. The zero-order valence-electron chi connectivity index (χ0n) is 18.5. The zero-order valence-corrected chi connectivity index (χ0v) is 21.7. The van der Waals surface area contributed by atoms with Crippen molar-refractivity contribution in [2.24, 2.45) is 10.9 Å². The van der Waals surface area contributed by atoms with E-state index in [1.54, 1.807) is 14.1 Å². The molecule has 0 aliphatic carbocycles. The van der Waals surface area contributed by atoms with Gasteiger partial charge in [0.2, 0.25) is 15.9 Å². The summed E-state index contributed by atoms with van der Waals surface area (Å²) in [6, 6.07) is 0. The summed E-state index contributed by atoms with van der Waals surface area (Å²) in [4.78, 5) is 19.8. The van der Waals surface area contributed by atoms with Crippen molar-refractivity contribution < 1.29 is 17.9 Å². The number of carbonyl (C=O) groups is 1. The number of hydrogen-bond acceptors (Lipinski definition) is 5. The zero-order chi connectivity index (χ0) is 21.3. The first-order valence-corrected chi connectivity index (χ1v) is 11.5. The summed E-state index contributed by atoms with van der Waals surface area (Å²) in [5.41, 5.74) is 0. The SMILES string of the molecule is CC(C)CNC(=NCC(=O)N(C)C)N1CCN(S(=O)(=O)CCOC(C)C)CC1.I. The number of nitrogens with zero attached hydrogens (tertiary/aromatic N) is 4. The Morgan fingerprint density at radius 3 is 2.21 bits per heavy atom. The molecule has 29 heavy (non-hydrogen) atoms. The monoisotopic (exact) mass is 547 g/mol. The average Bonchev–Trinajstić information content (AvgIpc) is 2.60. The van der Waals surface area contributed by atoms with Gasteiger partial charge in [-0.2, -0.15) is 4.31 Å². The average molecular weight is 548 g/mol. The molecule has 0 radical (unpaired) electrons. The molecule has 1 N–H and O–H groups in total. The highest BCUT2D eigenvalue weighted by Crippen LogP contribution is 2.09. The van der Waals surface area contributed by atoms with Crippen molar-refractivity contribution in [3.8, 4) is 0 Å². The summed E-state index contributed by atoms with van der Waals surface area (Å²) >= 11 is 0. The predicted octanol–water partition coefficient (Wildman–Crippen LogP) is 0.667. The van der Waals surface area contributed by atoms with Crippen LogP contribution in [0.15, 0.2) is 4.99 Å². The van der Waals surface area contributed by atoms with Crippen LogP contribution in [-0.4, -0.2) is 106 Å². The Kier molecular flexibility index (Phi) is 13.3. The third-order valence-corrected chi connectivity index (χ3v) is 6.09. The maximum absolute atomic E-state index is 12.5. The predicted molar refractivity (Wildman–Crippen MR) is 127 cm³/mol. The molecule has 0 aromatic rings. The van der Waals surface area contributed by atoms with E-state index in [-0.39, 0.29) is 54.9 Å². The lowest BCUT2D eigenvalue weighted by Gasteiger charge is -2.36. The van der Waals surface area contributed by atoms with Crippen LogP contribution in [0.1, 0.15) is 27.7 Å². The van der Waals surface area contributed by atoms with Crippen LogP contribution in [0.5, 0.6) is 0 Å². The highest BCUT2D eigenvalue weighted by molar-refractivity contribution is 14.0. The Labute approximate surface area is 193 Å². The fraction of sp³-hybridized carbons (Fsp3) is 0.889. The van der Waals surface area contributed by atoms with E-state index in [1.807, 2.05) is 18.7 Å². The second-order valence-corrected chi connectivity index (χ2v) is 9.91. The lowest BCUT2D eigenvalue weighted by Crippen LogP contribution is -2.54. The van der Waals surface area contributed by atoms with Gasteiger partial charge in [-0.15, -0.1) is 24.0 Å². The van der Waals surface area contributed by atoms with E-state index in [0.717, 1.165) is 6.54 Å². The molecule has 0 spiro atoms. The Morgan fingerprint density at radius 2 is 1.72 bits per heavy atom. The van der Waals surface area contributed by atoms with Gasteiger partial charge in [-0.05, 0) is 19.8 Å².